The van der Waals surface area contributed by atoms with Crippen LogP contribution in [0.15, 0.2) is 12.1 Å². The van der Waals surface area contributed by atoms with Gasteiger partial charge in [0.1, 0.15) is 11.8 Å². The van der Waals surface area contributed by atoms with E-state index in [0.29, 0.717) is 31.1 Å². The van der Waals surface area contributed by atoms with Crippen molar-refractivity contribution in [2.24, 2.45) is 5.41 Å². The van der Waals surface area contributed by atoms with Gasteiger partial charge in [-0.2, -0.15) is 0 Å². The third kappa shape index (κ3) is 3.42. The van der Waals surface area contributed by atoms with Gasteiger partial charge in [-0.25, -0.2) is 13.6 Å². The summed E-state index contributed by atoms with van der Waals surface area (Å²) >= 11 is 0. The molecule has 9 heteroatoms. The minimum absolute atomic E-state index is 0.0478. The first-order valence-corrected chi connectivity index (χ1v) is 10.6. The molecule has 1 aromatic rings. The predicted octanol–water partition coefficient (Wildman–Crippen LogP) is 1.86. The third-order valence-electron chi connectivity index (χ3n) is 5.69. The molecule has 3 heterocycles. The number of amides is 1. The van der Waals surface area contributed by atoms with Gasteiger partial charge in [0.05, 0.1) is 12.2 Å². The molecule has 3 saturated heterocycles. The lowest BCUT2D eigenvalue weighted by Crippen LogP contribution is -2.52. The first kappa shape index (κ1) is 18.6. The van der Waals surface area contributed by atoms with Crippen LogP contribution in [0.3, 0.4) is 0 Å². The normalized spacial score (nSPS) is 25.0. The molecule has 3 aliphatic rings. The molecule has 0 aromatic heterocycles. The predicted molar refractivity (Wildman–Crippen MR) is 99.7 cm³/mol. The van der Waals surface area contributed by atoms with E-state index in [9.17, 15) is 17.8 Å². The minimum atomic E-state index is -0.727. The zero-order chi connectivity index (χ0) is 19.2. The molecular weight excluding hydrogens is 376 g/mol. The highest BCUT2D eigenvalue weighted by Gasteiger charge is 2.45. The van der Waals surface area contributed by atoms with Crippen molar-refractivity contribution in [2.75, 3.05) is 54.5 Å². The first-order chi connectivity index (χ1) is 12.9. The molecule has 1 aromatic carbocycles. The van der Waals surface area contributed by atoms with E-state index in [0.717, 1.165) is 12.8 Å². The van der Waals surface area contributed by atoms with Gasteiger partial charge in [0.2, 0.25) is 0 Å². The van der Waals surface area contributed by atoms with Crippen molar-refractivity contribution in [1.29, 1.82) is 0 Å². The van der Waals surface area contributed by atoms with Gasteiger partial charge in [-0.3, -0.25) is 9.11 Å². The Hall–Kier alpha value is -1.74. The lowest BCUT2D eigenvalue weighted by Gasteiger charge is -2.47. The van der Waals surface area contributed by atoms with Crippen LogP contribution in [0.2, 0.25) is 0 Å². The van der Waals surface area contributed by atoms with E-state index >= 15 is 0 Å². The van der Waals surface area contributed by atoms with E-state index in [1.807, 2.05) is 0 Å². The third-order valence-corrected chi connectivity index (χ3v) is 7.56. The van der Waals surface area contributed by atoms with Crippen LogP contribution in [0, 0.1) is 17.0 Å². The maximum absolute atomic E-state index is 14.8. The quantitative estimate of drug-likeness (QED) is 0.838. The van der Waals surface area contributed by atoms with Crippen LogP contribution in [0.4, 0.5) is 25.0 Å². The molecule has 1 atom stereocenters. The molecule has 148 valence electrons. The summed E-state index contributed by atoms with van der Waals surface area (Å²) in [4.78, 5) is 15.0. The van der Waals surface area contributed by atoms with Crippen molar-refractivity contribution in [3.8, 4) is 0 Å². The zero-order valence-corrected chi connectivity index (χ0v) is 16.0. The standard InChI is InChI=1S/C18H23F2N3O3S/c1-21-8-13-9-23(17(24)26-13)12-6-14(19)16(15(20)7-12)22-4-2-18(3-5-22)10-27(25)11-18/h6-7,13,21H,2-5,8-11H2,1H3. The summed E-state index contributed by atoms with van der Waals surface area (Å²) < 4.78 is 46.1. The summed E-state index contributed by atoms with van der Waals surface area (Å²) in [6.45, 7) is 1.81. The van der Waals surface area contributed by atoms with E-state index in [1.54, 1.807) is 11.9 Å². The molecule has 0 radical (unpaired) electrons. The number of hydrogen-bond donors (Lipinski definition) is 1. The number of halogens is 2. The number of cyclic esters (lactones) is 1. The van der Waals surface area contributed by atoms with Crippen molar-refractivity contribution in [3.05, 3.63) is 23.8 Å². The van der Waals surface area contributed by atoms with Gasteiger partial charge < -0.3 is 15.0 Å². The minimum Gasteiger partial charge on any atom is -0.443 e. The smallest absolute Gasteiger partial charge is 0.414 e. The van der Waals surface area contributed by atoms with Gasteiger partial charge in [0, 0.05) is 54.1 Å². The lowest BCUT2D eigenvalue weighted by molar-refractivity contribution is 0.141. The highest BCUT2D eigenvalue weighted by atomic mass is 32.2. The number of likely N-dealkylation sites (N-methyl/N-ethyl adjacent to an activating group) is 1. The molecule has 3 aliphatic heterocycles. The highest BCUT2D eigenvalue weighted by Crippen LogP contribution is 2.42. The Labute approximate surface area is 159 Å². The Morgan fingerprint density at radius 2 is 1.89 bits per heavy atom. The van der Waals surface area contributed by atoms with Crippen molar-refractivity contribution >= 4 is 28.3 Å². The molecule has 3 fully saturated rings. The summed E-state index contributed by atoms with van der Waals surface area (Å²) in [7, 11) is 1.02. The first-order valence-electron chi connectivity index (χ1n) is 9.12. The summed E-state index contributed by atoms with van der Waals surface area (Å²) in [6.07, 6.45) is 0.645. The van der Waals surface area contributed by atoms with Crippen LogP contribution in [-0.4, -0.2) is 61.1 Å². The molecule has 1 unspecified atom stereocenters. The number of anilines is 2. The number of hydrogen-bond acceptors (Lipinski definition) is 5. The number of benzene rings is 1. The highest BCUT2D eigenvalue weighted by molar-refractivity contribution is 7.86. The Balaban J connectivity index is 1.50. The fourth-order valence-corrected chi connectivity index (χ4v) is 6.07. The van der Waals surface area contributed by atoms with Gasteiger partial charge in [-0.05, 0) is 25.3 Å². The van der Waals surface area contributed by atoms with Crippen LogP contribution in [0.25, 0.3) is 0 Å². The second kappa shape index (κ2) is 7.01. The van der Waals surface area contributed by atoms with Crippen molar-refractivity contribution in [1.82, 2.24) is 5.32 Å². The summed E-state index contributed by atoms with van der Waals surface area (Å²) in [5.41, 5.74) is 0.212. The van der Waals surface area contributed by atoms with Crippen LogP contribution in [-0.2, 0) is 15.5 Å². The number of piperidine rings is 1. The fourth-order valence-electron chi connectivity index (χ4n) is 4.21. The van der Waals surface area contributed by atoms with Gasteiger partial charge >= 0.3 is 6.09 Å². The SMILES string of the molecule is CNCC1CN(c2cc(F)c(N3CCC4(CC3)CS(=O)C4)c(F)c2)C(=O)O1. The maximum atomic E-state index is 14.8. The Morgan fingerprint density at radius 3 is 2.44 bits per heavy atom. The van der Waals surface area contributed by atoms with Gasteiger partial charge in [-0.1, -0.05) is 0 Å². The molecule has 4 rings (SSSR count). The largest absolute Gasteiger partial charge is 0.443 e. The zero-order valence-electron chi connectivity index (χ0n) is 15.2. The molecule has 1 spiro atoms. The molecule has 0 bridgehead atoms. The summed E-state index contributed by atoms with van der Waals surface area (Å²) in [5, 5.41) is 2.92. The molecule has 27 heavy (non-hydrogen) atoms. The van der Waals surface area contributed by atoms with Crippen molar-refractivity contribution < 1.29 is 22.5 Å². The monoisotopic (exact) mass is 399 g/mol. The molecule has 0 aliphatic carbocycles. The Morgan fingerprint density at radius 1 is 1.26 bits per heavy atom. The molecule has 0 saturated carbocycles. The number of rotatable bonds is 4. The average Bonchev–Trinajstić information content (AvgIpc) is 2.95. The number of nitrogens with zero attached hydrogens (tertiary/aromatic N) is 2. The van der Waals surface area contributed by atoms with Crippen LogP contribution < -0.4 is 15.1 Å². The molecule has 1 N–H and O–H groups in total. The van der Waals surface area contributed by atoms with Crippen LogP contribution in [0.5, 0.6) is 0 Å². The van der Waals surface area contributed by atoms with E-state index in [4.69, 9.17) is 4.74 Å². The number of carbonyl (C=O) groups excluding carboxylic acids is 1. The lowest BCUT2D eigenvalue weighted by atomic mass is 9.81. The topological polar surface area (TPSA) is 61.9 Å². The van der Waals surface area contributed by atoms with E-state index < -0.39 is 28.5 Å². The molecule has 6 nitrogen and oxygen atoms in total. The second-order valence-electron chi connectivity index (χ2n) is 7.65. The van der Waals surface area contributed by atoms with Crippen molar-refractivity contribution in [3.63, 3.8) is 0 Å². The second-order valence-corrected chi connectivity index (χ2v) is 9.10. The van der Waals surface area contributed by atoms with Gasteiger partial charge in [0.15, 0.2) is 11.6 Å². The Kier molecular flexibility index (Phi) is 4.84. The van der Waals surface area contributed by atoms with Crippen LogP contribution >= 0.6 is 0 Å². The molecule has 1 amide bonds. The Bertz CT molecular complexity index is 750. The maximum Gasteiger partial charge on any atom is 0.414 e. The summed E-state index contributed by atoms with van der Waals surface area (Å²) in [5.74, 6) is 0.0524. The summed E-state index contributed by atoms with van der Waals surface area (Å²) in [6, 6.07) is 2.40. The van der Waals surface area contributed by atoms with Gasteiger partial charge in [-0.15, -0.1) is 0 Å². The van der Waals surface area contributed by atoms with E-state index in [2.05, 4.69) is 5.32 Å². The average molecular weight is 399 g/mol. The van der Waals surface area contributed by atoms with E-state index in [1.165, 1.54) is 17.0 Å². The van der Waals surface area contributed by atoms with E-state index in [-0.39, 0.29) is 29.4 Å². The fraction of sp³-hybridized carbons (Fsp3) is 0.611. The number of ether oxygens (including phenoxy) is 1. The van der Waals surface area contributed by atoms with Crippen molar-refractivity contribution in [2.45, 2.75) is 18.9 Å². The number of carbonyl (C=O) groups is 1. The van der Waals surface area contributed by atoms with Crippen LogP contribution in [0.1, 0.15) is 12.8 Å². The van der Waals surface area contributed by atoms with Gasteiger partial charge in [0.25, 0.3) is 0 Å². The molecular formula is C18H23F2N3O3S. The number of nitrogens with one attached hydrogen (secondary N) is 1.